The van der Waals surface area contributed by atoms with Crippen LogP contribution in [0.5, 0.6) is 11.5 Å². The van der Waals surface area contributed by atoms with Crippen LogP contribution in [-0.2, 0) is 19.7 Å². The predicted octanol–water partition coefficient (Wildman–Crippen LogP) is 2.57. The second kappa shape index (κ2) is 18.1. The third-order valence-electron chi connectivity index (χ3n) is 9.39. The Labute approximate surface area is 297 Å². The number of methoxy groups -OCH3 is 2. The van der Waals surface area contributed by atoms with E-state index in [-0.39, 0.29) is 67.1 Å². The Morgan fingerprint density at radius 3 is 1.36 bits per heavy atom. The monoisotopic (exact) mass is 738 g/mol. The SMILES string of the molecule is CCN1CCC[C@H]1CNC(=O)c1cc(S(=O)(=O)CC)c(N)cc1OC.CCN1CCC[C@H]1CNC(=O)c1cc(S(=O)(=O)CC)c(N)cc1OC. The van der Waals surface area contributed by atoms with Crippen LogP contribution in [0.1, 0.15) is 74.1 Å². The fraction of sp³-hybridized carbons (Fsp3) is 0.588. The average Bonchev–Trinajstić information content (AvgIpc) is 3.78. The lowest BCUT2D eigenvalue weighted by molar-refractivity contribution is 0.0930. The molecule has 2 aliphatic heterocycles. The molecular weight excluding hydrogens is 685 g/mol. The lowest BCUT2D eigenvalue weighted by Gasteiger charge is -2.23. The zero-order valence-corrected chi connectivity index (χ0v) is 31.7. The topological polar surface area (TPSA) is 203 Å². The van der Waals surface area contributed by atoms with Crippen LogP contribution in [0.2, 0.25) is 0 Å². The number of hydrogen-bond acceptors (Lipinski definition) is 12. The molecule has 0 aliphatic carbocycles. The van der Waals surface area contributed by atoms with E-state index in [4.69, 9.17) is 20.9 Å². The molecule has 2 fully saturated rings. The fourth-order valence-electron chi connectivity index (χ4n) is 6.39. The molecule has 2 aromatic rings. The molecule has 2 heterocycles. The van der Waals surface area contributed by atoms with Crippen molar-refractivity contribution in [3.05, 3.63) is 35.4 Å². The summed E-state index contributed by atoms with van der Waals surface area (Å²) in [5, 5.41) is 5.80. The van der Waals surface area contributed by atoms with Gasteiger partial charge in [-0.25, -0.2) is 16.8 Å². The Morgan fingerprint density at radius 2 is 1.06 bits per heavy atom. The van der Waals surface area contributed by atoms with Crippen LogP contribution < -0.4 is 31.6 Å². The minimum atomic E-state index is -3.52. The quantitative estimate of drug-likeness (QED) is 0.207. The lowest BCUT2D eigenvalue weighted by atomic mass is 10.1. The molecule has 0 spiro atoms. The third-order valence-corrected chi connectivity index (χ3v) is 13.0. The highest BCUT2D eigenvalue weighted by Gasteiger charge is 2.27. The van der Waals surface area contributed by atoms with Crippen molar-refractivity contribution in [1.82, 2.24) is 20.4 Å². The van der Waals surface area contributed by atoms with Crippen molar-refractivity contribution < 1.29 is 35.9 Å². The number of carbonyl (C=O) groups excluding carboxylic acids is 2. The highest BCUT2D eigenvalue weighted by Crippen LogP contribution is 2.31. The standard InChI is InChI=1S/2C17H27N3O4S/c2*1-4-20-8-6-7-12(20)11-19-17(21)13-9-16(25(22,23)5-2)14(18)10-15(13)24-3/h2*9-10,12H,4-8,11,18H2,1-3H3,(H,19,21)/t2*12-/m00/s1. The van der Waals surface area contributed by atoms with E-state index in [1.165, 1.54) is 52.3 Å². The Balaban J connectivity index is 0.000000270. The van der Waals surface area contributed by atoms with Gasteiger partial charge in [0, 0.05) is 37.3 Å². The molecule has 50 heavy (non-hydrogen) atoms. The van der Waals surface area contributed by atoms with E-state index < -0.39 is 19.7 Å². The van der Waals surface area contributed by atoms with Gasteiger partial charge in [0.25, 0.3) is 11.8 Å². The molecule has 0 bridgehead atoms. The largest absolute Gasteiger partial charge is 0.496 e. The molecule has 16 heteroatoms. The Morgan fingerprint density at radius 1 is 0.700 bits per heavy atom. The summed E-state index contributed by atoms with van der Waals surface area (Å²) in [7, 11) is -4.19. The van der Waals surface area contributed by atoms with Gasteiger partial charge in [-0.15, -0.1) is 0 Å². The average molecular weight is 739 g/mol. The molecule has 0 aromatic heterocycles. The van der Waals surface area contributed by atoms with Gasteiger partial charge in [-0.2, -0.15) is 0 Å². The maximum Gasteiger partial charge on any atom is 0.255 e. The minimum absolute atomic E-state index is 0.0306. The van der Waals surface area contributed by atoms with Crippen LogP contribution in [0.4, 0.5) is 11.4 Å². The van der Waals surface area contributed by atoms with Gasteiger partial charge in [-0.05, 0) is 64.0 Å². The maximum absolute atomic E-state index is 12.6. The van der Waals surface area contributed by atoms with Crippen molar-refractivity contribution in [1.29, 1.82) is 0 Å². The minimum Gasteiger partial charge on any atom is -0.496 e. The molecule has 2 aromatic carbocycles. The highest BCUT2D eigenvalue weighted by atomic mass is 32.2. The number of anilines is 2. The first kappa shape index (κ1) is 40.8. The molecule has 14 nitrogen and oxygen atoms in total. The molecule has 6 N–H and O–H groups in total. The second-order valence-electron chi connectivity index (χ2n) is 12.3. The summed E-state index contributed by atoms with van der Waals surface area (Å²) in [5.41, 5.74) is 12.2. The summed E-state index contributed by atoms with van der Waals surface area (Å²) in [6.45, 7) is 12.3. The van der Waals surface area contributed by atoms with Crippen molar-refractivity contribution in [2.45, 2.75) is 75.3 Å². The fourth-order valence-corrected chi connectivity index (χ4v) is 8.44. The molecule has 2 aliphatic rings. The van der Waals surface area contributed by atoms with Crippen LogP contribution in [0.3, 0.4) is 0 Å². The van der Waals surface area contributed by atoms with E-state index in [1.54, 1.807) is 0 Å². The second-order valence-corrected chi connectivity index (χ2v) is 16.8. The number of nitrogens with zero attached hydrogens (tertiary/aromatic N) is 2. The van der Waals surface area contributed by atoms with E-state index in [9.17, 15) is 26.4 Å². The highest BCUT2D eigenvalue weighted by molar-refractivity contribution is 7.91. The molecule has 280 valence electrons. The smallest absolute Gasteiger partial charge is 0.255 e. The Kier molecular flexibility index (Phi) is 14.7. The number of benzene rings is 2. The number of carbonyl (C=O) groups is 2. The van der Waals surface area contributed by atoms with Crippen molar-refractivity contribution in [2.24, 2.45) is 0 Å². The number of rotatable bonds is 14. The number of nitrogens with one attached hydrogen (secondary N) is 2. The summed E-state index contributed by atoms with van der Waals surface area (Å²) in [6, 6.07) is 6.04. The summed E-state index contributed by atoms with van der Waals surface area (Å²) >= 11 is 0. The predicted molar refractivity (Wildman–Crippen MR) is 195 cm³/mol. The number of ether oxygens (including phenoxy) is 2. The number of nitrogens with two attached hydrogens (primary N) is 2. The Hall–Kier alpha value is -3.60. The lowest BCUT2D eigenvalue weighted by Crippen LogP contribution is -2.40. The van der Waals surface area contributed by atoms with Crippen LogP contribution >= 0.6 is 0 Å². The summed E-state index contributed by atoms with van der Waals surface area (Å²) in [4.78, 5) is 29.8. The molecule has 2 saturated heterocycles. The molecule has 0 saturated carbocycles. The number of sulfone groups is 2. The molecule has 0 radical (unpaired) electrons. The number of amides is 2. The first-order valence-electron chi connectivity index (χ1n) is 17.1. The van der Waals surface area contributed by atoms with E-state index in [2.05, 4.69) is 34.3 Å². The zero-order chi connectivity index (χ0) is 37.2. The van der Waals surface area contributed by atoms with Gasteiger partial charge in [0.1, 0.15) is 11.5 Å². The van der Waals surface area contributed by atoms with Crippen molar-refractivity contribution in [3.63, 3.8) is 0 Å². The molecule has 2 amide bonds. The molecule has 0 unspecified atom stereocenters. The van der Waals surface area contributed by atoms with Gasteiger partial charge in [0.05, 0.1) is 58.0 Å². The van der Waals surface area contributed by atoms with Gasteiger partial charge in [-0.1, -0.05) is 27.7 Å². The number of nitrogen functional groups attached to an aromatic ring is 2. The van der Waals surface area contributed by atoms with Crippen molar-refractivity contribution >= 4 is 42.9 Å². The van der Waals surface area contributed by atoms with Gasteiger partial charge in [0.2, 0.25) is 0 Å². The van der Waals surface area contributed by atoms with Crippen LogP contribution in [-0.4, -0.2) is 116 Å². The first-order chi connectivity index (χ1) is 23.7. The molecule has 4 rings (SSSR count). The van der Waals surface area contributed by atoms with Crippen molar-refractivity contribution in [3.8, 4) is 11.5 Å². The first-order valence-corrected chi connectivity index (χ1v) is 20.4. The van der Waals surface area contributed by atoms with Gasteiger partial charge >= 0.3 is 0 Å². The van der Waals surface area contributed by atoms with Gasteiger partial charge < -0.3 is 31.6 Å². The Bertz CT molecular complexity index is 1590. The summed E-state index contributed by atoms with van der Waals surface area (Å²) < 4.78 is 59.2. The normalized spacial score (nSPS) is 18.3. The number of hydrogen-bond donors (Lipinski definition) is 4. The van der Waals surface area contributed by atoms with E-state index in [0.29, 0.717) is 25.2 Å². The van der Waals surface area contributed by atoms with E-state index in [0.717, 1.165) is 51.9 Å². The summed E-state index contributed by atoms with van der Waals surface area (Å²) in [6.07, 6.45) is 4.34. The summed E-state index contributed by atoms with van der Waals surface area (Å²) in [5.74, 6) is -0.344. The maximum atomic E-state index is 12.6. The van der Waals surface area contributed by atoms with Gasteiger partial charge in [0.15, 0.2) is 19.7 Å². The third kappa shape index (κ3) is 9.80. The van der Waals surface area contributed by atoms with E-state index >= 15 is 0 Å². The zero-order valence-electron chi connectivity index (χ0n) is 30.1. The molecular formula is C34H54N6O8S2. The van der Waals surface area contributed by atoms with E-state index in [1.807, 2.05) is 0 Å². The molecule has 2 atom stereocenters. The van der Waals surface area contributed by atoms with Crippen LogP contribution in [0.15, 0.2) is 34.1 Å². The van der Waals surface area contributed by atoms with Gasteiger partial charge in [-0.3, -0.25) is 19.4 Å². The van der Waals surface area contributed by atoms with Crippen molar-refractivity contribution in [2.75, 3.05) is 76.5 Å². The van der Waals surface area contributed by atoms with Crippen LogP contribution in [0.25, 0.3) is 0 Å². The number of likely N-dealkylation sites (N-methyl/N-ethyl adjacent to an activating group) is 2. The van der Waals surface area contributed by atoms with Crippen LogP contribution in [0, 0.1) is 0 Å². The number of likely N-dealkylation sites (tertiary alicyclic amines) is 2.